The molecule has 0 spiro atoms. The molecule has 2 aromatic carbocycles. The Morgan fingerprint density at radius 2 is 1.96 bits per heavy atom. The van der Waals surface area contributed by atoms with Crippen molar-refractivity contribution in [1.29, 1.82) is 5.26 Å². The summed E-state index contributed by atoms with van der Waals surface area (Å²) in [5.41, 5.74) is 4.30. The first-order valence-corrected chi connectivity index (χ1v) is 9.32. The molecule has 0 aliphatic carbocycles. The molecule has 146 valence electrons. The number of ether oxygens (including phenoxy) is 3. The zero-order chi connectivity index (χ0) is 19.9. The first-order valence-electron chi connectivity index (χ1n) is 9.32. The Balaban J connectivity index is 1.97. The van der Waals surface area contributed by atoms with Gasteiger partial charge in [-0.1, -0.05) is 36.4 Å². The van der Waals surface area contributed by atoms with Gasteiger partial charge in [-0.3, -0.25) is 4.90 Å². The maximum Gasteiger partial charge on any atom is 0.188 e. The first-order chi connectivity index (χ1) is 13.7. The summed E-state index contributed by atoms with van der Waals surface area (Å²) in [5.74, 6) is 1.49. The zero-order valence-electron chi connectivity index (χ0n) is 16.6. The number of nitrogens with zero attached hydrogens (tertiary/aromatic N) is 2. The maximum absolute atomic E-state index is 9.38. The Labute approximate surface area is 166 Å². The highest BCUT2D eigenvalue weighted by atomic mass is 16.7. The molecular formula is C23H26N2O3. The lowest BCUT2D eigenvalue weighted by molar-refractivity contribution is 0.0491. The molecule has 1 atom stereocenters. The lowest BCUT2D eigenvalue weighted by Gasteiger charge is -2.26. The molecule has 1 aliphatic rings. The van der Waals surface area contributed by atoms with Gasteiger partial charge in [-0.25, -0.2) is 0 Å². The van der Waals surface area contributed by atoms with Crippen LogP contribution in [-0.4, -0.2) is 32.5 Å². The fourth-order valence-electron chi connectivity index (χ4n) is 3.59. The van der Waals surface area contributed by atoms with Crippen LogP contribution in [0.4, 0.5) is 0 Å². The van der Waals surface area contributed by atoms with Crippen LogP contribution in [0.15, 0.2) is 59.7 Å². The average Bonchev–Trinajstić information content (AvgIpc) is 3.15. The number of nitriles is 1. The molecule has 5 nitrogen and oxygen atoms in total. The SMILES string of the molecule is COCOc1cc(OC)ccc1C1C/C(=C(\C)C#N)CN1Cc1ccccc1. The third-order valence-corrected chi connectivity index (χ3v) is 5.11. The van der Waals surface area contributed by atoms with Crippen molar-refractivity contribution in [2.75, 3.05) is 27.6 Å². The first kappa shape index (κ1) is 19.9. The monoisotopic (exact) mass is 378 g/mol. The van der Waals surface area contributed by atoms with Gasteiger partial charge in [0.25, 0.3) is 0 Å². The van der Waals surface area contributed by atoms with E-state index in [2.05, 4.69) is 41.3 Å². The topological polar surface area (TPSA) is 54.7 Å². The van der Waals surface area contributed by atoms with E-state index >= 15 is 0 Å². The average molecular weight is 378 g/mol. The van der Waals surface area contributed by atoms with Crippen molar-refractivity contribution in [3.63, 3.8) is 0 Å². The number of benzene rings is 2. The number of hydrogen-bond acceptors (Lipinski definition) is 5. The van der Waals surface area contributed by atoms with Crippen LogP contribution < -0.4 is 9.47 Å². The van der Waals surface area contributed by atoms with Crippen LogP contribution in [0.3, 0.4) is 0 Å². The molecule has 0 saturated carbocycles. The maximum atomic E-state index is 9.38. The summed E-state index contributed by atoms with van der Waals surface area (Å²) in [6, 6.07) is 18.7. The molecule has 0 amide bonds. The Morgan fingerprint density at radius 3 is 2.64 bits per heavy atom. The van der Waals surface area contributed by atoms with Crippen molar-refractivity contribution in [3.05, 3.63) is 70.8 Å². The van der Waals surface area contributed by atoms with Crippen molar-refractivity contribution in [1.82, 2.24) is 4.90 Å². The number of rotatable bonds is 7. The van der Waals surface area contributed by atoms with Crippen LogP contribution in [-0.2, 0) is 11.3 Å². The molecule has 0 bridgehead atoms. The molecule has 1 fully saturated rings. The summed E-state index contributed by atoms with van der Waals surface area (Å²) in [6.07, 6.45) is 0.807. The van der Waals surface area contributed by atoms with Crippen molar-refractivity contribution in [3.8, 4) is 17.6 Å². The van der Waals surface area contributed by atoms with E-state index in [1.54, 1.807) is 14.2 Å². The zero-order valence-corrected chi connectivity index (χ0v) is 16.6. The highest BCUT2D eigenvalue weighted by molar-refractivity contribution is 5.45. The van der Waals surface area contributed by atoms with Gasteiger partial charge in [0, 0.05) is 43.4 Å². The van der Waals surface area contributed by atoms with E-state index in [1.165, 1.54) is 11.1 Å². The van der Waals surface area contributed by atoms with Crippen LogP contribution in [0, 0.1) is 11.3 Å². The van der Waals surface area contributed by atoms with Crippen LogP contribution in [0.2, 0.25) is 0 Å². The molecule has 1 unspecified atom stereocenters. The van der Waals surface area contributed by atoms with Gasteiger partial charge in [0.15, 0.2) is 6.79 Å². The Kier molecular flexibility index (Phi) is 6.70. The number of methoxy groups -OCH3 is 2. The van der Waals surface area contributed by atoms with Crippen LogP contribution in [0.5, 0.6) is 11.5 Å². The second-order valence-electron chi connectivity index (χ2n) is 6.91. The second-order valence-corrected chi connectivity index (χ2v) is 6.91. The highest BCUT2D eigenvalue weighted by Gasteiger charge is 2.32. The highest BCUT2D eigenvalue weighted by Crippen LogP contribution is 2.42. The van der Waals surface area contributed by atoms with E-state index in [1.807, 2.05) is 25.1 Å². The molecule has 0 aromatic heterocycles. The van der Waals surface area contributed by atoms with E-state index in [9.17, 15) is 5.26 Å². The predicted molar refractivity (Wildman–Crippen MR) is 108 cm³/mol. The molecule has 28 heavy (non-hydrogen) atoms. The molecule has 2 aromatic rings. The quantitative estimate of drug-likeness (QED) is 0.526. The molecule has 0 N–H and O–H groups in total. The van der Waals surface area contributed by atoms with Gasteiger partial charge < -0.3 is 14.2 Å². The Morgan fingerprint density at radius 1 is 1.18 bits per heavy atom. The lowest BCUT2D eigenvalue weighted by Crippen LogP contribution is -2.23. The summed E-state index contributed by atoms with van der Waals surface area (Å²) in [5, 5.41) is 9.38. The Bertz CT molecular complexity index is 871. The molecule has 1 heterocycles. The van der Waals surface area contributed by atoms with Crippen molar-refractivity contribution in [2.24, 2.45) is 0 Å². The summed E-state index contributed by atoms with van der Waals surface area (Å²) in [7, 11) is 3.25. The van der Waals surface area contributed by atoms with Gasteiger partial charge in [-0.05, 0) is 30.5 Å². The van der Waals surface area contributed by atoms with Crippen molar-refractivity contribution >= 4 is 0 Å². The number of hydrogen-bond donors (Lipinski definition) is 0. The smallest absolute Gasteiger partial charge is 0.188 e. The van der Waals surface area contributed by atoms with E-state index in [0.717, 1.165) is 42.1 Å². The molecule has 5 heteroatoms. The van der Waals surface area contributed by atoms with E-state index in [-0.39, 0.29) is 12.8 Å². The summed E-state index contributed by atoms with van der Waals surface area (Å²) < 4.78 is 16.3. The minimum absolute atomic E-state index is 0.122. The van der Waals surface area contributed by atoms with Gasteiger partial charge in [-0.2, -0.15) is 5.26 Å². The van der Waals surface area contributed by atoms with Crippen molar-refractivity contribution in [2.45, 2.75) is 25.9 Å². The largest absolute Gasteiger partial charge is 0.497 e. The summed E-state index contributed by atoms with van der Waals surface area (Å²) in [6.45, 7) is 3.65. The molecule has 1 aliphatic heterocycles. The number of likely N-dealkylation sites (tertiary alicyclic amines) is 1. The molecule has 1 saturated heterocycles. The van der Waals surface area contributed by atoms with Gasteiger partial charge in [0.05, 0.1) is 13.2 Å². The fraction of sp³-hybridized carbons (Fsp3) is 0.348. The summed E-state index contributed by atoms with van der Waals surface area (Å²) in [4.78, 5) is 2.40. The van der Waals surface area contributed by atoms with E-state index in [0.29, 0.717) is 0 Å². The van der Waals surface area contributed by atoms with Crippen molar-refractivity contribution < 1.29 is 14.2 Å². The second kappa shape index (κ2) is 9.41. The molecule has 3 rings (SSSR count). The van der Waals surface area contributed by atoms with Crippen LogP contribution in [0.1, 0.15) is 30.5 Å². The molecular weight excluding hydrogens is 352 g/mol. The fourth-order valence-corrected chi connectivity index (χ4v) is 3.59. The van der Waals surface area contributed by atoms with Crippen LogP contribution >= 0.6 is 0 Å². The van der Waals surface area contributed by atoms with Gasteiger partial charge in [0.2, 0.25) is 0 Å². The predicted octanol–water partition coefficient (Wildman–Crippen LogP) is 4.46. The molecule has 0 radical (unpaired) electrons. The van der Waals surface area contributed by atoms with E-state index < -0.39 is 0 Å². The van der Waals surface area contributed by atoms with E-state index in [4.69, 9.17) is 14.2 Å². The standard InChI is InChI=1S/C23H26N2O3/c1-17(13-24)19-11-22(25(15-19)14-18-7-5-4-6-8-18)21-10-9-20(27-3)12-23(21)28-16-26-2/h4-10,12,22H,11,14-16H2,1-3H3/b19-17-. The Hall–Kier alpha value is -2.81. The lowest BCUT2D eigenvalue weighted by atomic mass is 9.99. The number of allylic oxidation sites excluding steroid dienone is 1. The third kappa shape index (κ3) is 4.53. The normalized spacial score (nSPS) is 18.6. The minimum atomic E-state index is 0.122. The summed E-state index contributed by atoms with van der Waals surface area (Å²) >= 11 is 0. The van der Waals surface area contributed by atoms with Gasteiger partial charge in [-0.15, -0.1) is 0 Å². The minimum Gasteiger partial charge on any atom is -0.497 e. The van der Waals surface area contributed by atoms with Gasteiger partial charge >= 0.3 is 0 Å². The third-order valence-electron chi connectivity index (χ3n) is 5.11. The van der Waals surface area contributed by atoms with Crippen LogP contribution in [0.25, 0.3) is 0 Å². The van der Waals surface area contributed by atoms with Gasteiger partial charge in [0.1, 0.15) is 11.5 Å².